The van der Waals surface area contributed by atoms with Gasteiger partial charge in [-0.05, 0) is 25.5 Å². The summed E-state index contributed by atoms with van der Waals surface area (Å²) in [5, 5.41) is 3.00. The van der Waals surface area contributed by atoms with E-state index in [2.05, 4.69) is 5.32 Å². The molecule has 1 aliphatic rings. The van der Waals surface area contributed by atoms with Gasteiger partial charge in [-0.25, -0.2) is 4.79 Å². The Morgan fingerprint density at radius 2 is 2.05 bits per heavy atom. The van der Waals surface area contributed by atoms with Gasteiger partial charge in [0.25, 0.3) is 0 Å². The summed E-state index contributed by atoms with van der Waals surface area (Å²) in [6.07, 6.45) is 0.974. The van der Waals surface area contributed by atoms with E-state index >= 15 is 0 Å². The van der Waals surface area contributed by atoms with Crippen molar-refractivity contribution in [3.63, 3.8) is 0 Å². The maximum absolute atomic E-state index is 12.2. The molecule has 1 saturated heterocycles. The van der Waals surface area contributed by atoms with Crippen LogP contribution in [0.4, 0.5) is 5.69 Å². The van der Waals surface area contributed by atoms with Crippen LogP contribution in [0.25, 0.3) is 0 Å². The van der Waals surface area contributed by atoms with Gasteiger partial charge in [0.2, 0.25) is 11.8 Å². The van der Waals surface area contributed by atoms with E-state index in [1.165, 1.54) is 4.90 Å². The molecular formula is C16H20N2O4. The zero-order chi connectivity index (χ0) is 15.9. The second kappa shape index (κ2) is 7.59. The summed E-state index contributed by atoms with van der Waals surface area (Å²) in [6.45, 7) is 2.38. The van der Waals surface area contributed by atoms with Crippen molar-refractivity contribution in [3.05, 3.63) is 30.3 Å². The molecule has 2 rings (SSSR count). The molecule has 0 bridgehead atoms. The topological polar surface area (TPSA) is 75.7 Å². The highest BCUT2D eigenvalue weighted by Crippen LogP contribution is 2.15. The highest BCUT2D eigenvalue weighted by atomic mass is 16.5. The van der Waals surface area contributed by atoms with Crippen LogP contribution in [0.5, 0.6) is 0 Å². The minimum absolute atomic E-state index is 0.0978. The van der Waals surface area contributed by atoms with Gasteiger partial charge in [0.05, 0.1) is 13.0 Å². The Bertz CT molecular complexity index is 544. The van der Waals surface area contributed by atoms with Gasteiger partial charge in [0.15, 0.2) is 0 Å². The van der Waals surface area contributed by atoms with Crippen LogP contribution in [-0.4, -0.2) is 41.9 Å². The molecule has 6 nitrogen and oxygen atoms in total. The maximum Gasteiger partial charge on any atom is 0.329 e. The van der Waals surface area contributed by atoms with E-state index in [0.29, 0.717) is 19.4 Å². The van der Waals surface area contributed by atoms with Crippen molar-refractivity contribution in [2.75, 3.05) is 18.5 Å². The van der Waals surface area contributed by atoms with E-state index < -0.39 is 12.0 Å². The lowest BCUT2D eigenvalue weighted by molar-refractivity contribution is -0.149. The molecule has 22 heavy (non-hydrogen) atoms. The molecule has 0 aliphatic carbocycles. The quantitative estimate of drug-likeness (QED) is 0.807. The van der Waals surface area contributed by atoms with E-state index in [9.17, 15) is 14.4 Å². The molecule has 1 N–H and O–H groups in total. The van der Waals surface area contributed by atoms with Crippen molar-refractivity contribution in [2.24, 2.45) is 0 Å². The molecule has 0 saturated carbocycles. The SMILES string of the molecule is CCOC(=O)C(CC(=O)N1CCCC1=O)Nc1ccccc1. The number of hydrogen-bond acceptors (Lipinski definition) is 5. The first-order chi connectivity index (χ1) is 10.6. The molecule has 1 aliphatic heterocycles. The molecule has 1 aromatic rings. The van der Waals surface area contributed by atoms with E-state index in [-0.39, 0.29) is 24.8 Å². The maximum atomic E-state index is 12.2. The number of ether oxygens (including phenoxy) is 1. The van der Waals surface area contributed by atoms with Crippen molar-refractivity contribution in [1.82, 2.24) is 4.90 Å². The van der Waals surface area contributed by atoms with Crippen LogP contribution >= 0.6 is 0 Å². The molecule has 1 atom stereocenters. The molecule has 6 heteroatoms. The summed E-state index contributed by atoms with van der Waals surface area (Å²) >= 11 is 0. The number of benzene rings is 1. The summed E-state index contributed by atoms with van der Waals surface area (Å²) < 4.78 is 5.01. The Morgan fingerprint density at radius 3 is 2.64 bits per heavy atom. The number of amides is 2. The molecule has 0 radical (unpaired) electrons. The third-order valence-corrected chi connectivity index (χ3v) is 3.44. The average Bonchev–Trinajstić information content (AvgIpc) is 2.94. The fourth-order valence-electron chi connectivity index (χ4n) is 2.37. The predicted molar refractivity (Wildman–Crippen MR) is 81.1 cm³/mol. The Hall–Kier alpha value is -2.37. The van der Waals surface area contributed by atoms with Crippen LogP contribution in [-0.2, 0) is 19.1 Å². The third-order valence-electron chi connectivity index (χ3n) is 3.44. The summed E-state index contributed by atoms with van der Waals surface area (Å²) in [4.78, 5) is 37.1. The standard InChI is InChI=1S/C16H20N2O4/c1-2-22-16(21)13(17-12-7-4-3-5-8-12)11-15(20)18-10-6-9-14(18)19/h3-5,7-8,13,17H,2,6,9-11H2,1H3. The Balaban J connectivity index is 2.05. The van der Waals surface area contributed by atoms with E-state index in [0.717, 1.165) is 5.69 Å². The number of imide groups is 1. The summed E-state index contributed by atoms with van der Waals surface area (Å²) in [5.41, 5.74) is 0.723. The van der Waals surface area contributed by atoms with Gasteiger partial charge in [-0.1, -0.05) is 18.2 Å². The monoisotopic (exact) mass is 304 g/mol. The van der Waals surface area contributed by atoms with Crippen molar-refractivity contribution in [1.29, 1.82) is 0 Å². The van der Waals surface area contributed by atoms with Crippen LogP contribution in [0.3, 0.4) is 0 Å². The van der Waals surface area contributed by atoms with Gasteiger partial charge in [-0.2, -0.15) is 0 Å². The first kappa shape index (κ1) is 16.0. The van der Waals surface area contributed by atoms with Crippen molar-refractivity contribution < 1.29 is 19.1 Å². The summed E-state index contributed by atoms with van der Waals surface area (Å²) in [7, 11) is 0. The van der Waals surface area contributed by atoms with Gasteiger partial charge in [0, 0.05) is 18.7 Å². The first-order valence-electron chi connectivity index (χ1n) is 7.43. The van der Waals surface area contributed by atoms with Crippen LogP contribution in [0.15, 0.2) is 30.3 Å². The number of likely N-dealkylation sites (tertiary alicyclic amines) is 1. The molecule has 1 unspecified atom stereocenters. The Labute approximate surface area is 129 Å². The minimum Gasteiger partial charge on any atom is -0.464 e. The first-order valence-corrected chi connectivity index (χ1v) is 7.43. The van der Waals surface area contributed by atoms with E-state index in [1.54, 1.807) is 19.1 Å². The fourth-order valence-corrected chi connectivity index (χ4v) is 2.37. The number of hydrogen-bond donors (Lipinski definition) is 1. The van der Waals surface area contributed by atoms with Crippen molar-refractivity contribution in [3.8, 4) is 0 Å². The lowest BCUT2D eigenvalue weighted by Gasteiger charge is -2.20. The van der Waals surface area contributed by atoms with Crippen LogP contribution in [0.1, 0.15) is 26.2 Å². The van der Waals surface area contributed by atoms with Gasteiger partial charge >= 0.3 is 5.97 Å². The minimum atomic E-state index is -0.803. The Kier molecular flexibility index (Phi) is 5.52. The second-order valence-electron chi connectivity index (χ2n) is 5.06. The summed E-state index contributed by atoms with van der Waals surface area (Å²) in [6, 6.07) is 8.32. The number of rotatable bonds is 6. The lowest BCUT2D eigenvalue weighted by Crippen LogP contribution is -2.40. The van der Waals surface area contributed by atoms with Gasteiger partial charge < -0.3 is 10.1 Å². The van der Waals surface area contributed by atoms with E-state index in [1.807, 2.05) is 18.2 Å². The number of nitrogens with one attached hydrogen (secondary N) is 1. The van der Waals surface area contributed by atoms with Gasteiger partial charge in [0.1, 0.15) is 6.04 Å². The number of carbonyl (C=O) groups is 3. The van der Waals surface area contributed by atoms with Gasteiger partial charge in [-0.3, -0.25) is 14.5 Å². The smallest absolute Gasteiger partial charge is 0.329 e. The highest BCUT2D eigenvalue weighted by Gasteiger charge is 2.31. The predicted octanol–water partition coefficient (Wildman–Crippen LogP) is 1.57. The van der Waals surface area contributed by atoms with Crippen molar-refractivity contribution >= 4 is 23.5 Å². The van der Waals surface area contributed by atoms with Crippen molar-refractivity contribution in [2.45, 2.75) is 32.2 Å². The second-order valence-corrected chi connectivity index (χ2v) is 5.06. The molecule has 1 aromatic carbocycles. The highest BCUT2D eigenvalue weighted by molar-refractivity contribution is 5.98. The number of para-hydroxylation sites is 1. The zero-order valence-corrected chi connectivity index (χ0v) is 12.6. The largest absolute Gasteiger partial charge is 0.464 e. The van der Waals surface area contributed by atoms with Crippen LogP contribution < -0.4 is 5.32 Å². The number of esters is 1. The molecular weight excluding hydrogens is 284 g/mol. The van der Waals surface area contributed by atoms with Crippen LogP contribution in [0, 0.1) is 0 Å². The van der Waals surface area contributed by atoms with Crippen LogP contribution in [0.2, 0.25) is 0 Å². The molecule has 0 aromatic heterocycles. The summed E-state index contributed by atoms with van der Waals surface area (Å²) in [5.74, 6) is -1.01. The lowest BCUT2D eigenvalue weighted by atomic mass is 10.1. The Morgan fingerprint density at radius 1 is 1.32 bits per heavy atom. The molecule has 118 valence electrons. The number of carbonyl (C=O) groups excluding carboxylic acids is 3. The molecule has 1 fully saturated rings. The number of nitrogens with zero attached hydrogens (tertiary/aromatic N) is 1. The number of anilines is 1. The van der Waals surface area contributed by atoms with E-state index in [4.69, 9.17) is 4.74 Å². The fraction of sp³-hybridized carbons (Fsp3) is 0.438. The molecule has 1 heterocycles. The normalized spacial score (nSPS) is 15.5. The zero-order valence-electron chi connectivity index (χ0n) is 12.6. The molecule has 0 spiro atoms. The van der Waals surface area contributed by atoms with Gasteiger partial charge in [-0.15, -0.1) is 0 Å². The molecule has 2 amide bonds. The average molecular weight is 304 g/mol. The third kappa shape index (κ3) is 4.07.